The number of hydrogen-bond acceptors (Lipinski definition) is 6. The molecule has 0 unspecified atom stereocenters. The van der Waals surface area contributed by atoms with Crippen molar-refractivity contribution in [2.45, 2.75) is 26.7 Å². The lowest BCUT2D eigenvalue weighted by atomic mass is 10.1. The maximum Gasteiger partial charge on any atom is 0.310 e. The molecule has 0 aliphatic carbocycles. The molecule has 154 valence electrons. The summed E-state index contributed by atoms with van der Waals surface area (Å²) in [4.78, 5) is 31.6. The second-order valence-corrected chi connectivity index (χ2v) is 7.06. The Kier molecular flexibility index (Phi) is 7.03. The Morgan fingerprint density at radius 3 is 1.70 bits per heavy atom. The molecule has 0 radical (unpaired) electrons. The lowest BCUT2D eigenvalue weighted by Gasteiger charge is -2.09. The molecule has 0 saturated carbocycles. The largest absolute Gasteiger partial charge is 0.425 e. The summed E-state index contributed by atoms with van der Waals surface area (Å²) in [5, 5.41) is 0.619. The fourth-order valence-electron chi connectivity index (χ4n) is 2.50. The minimum absolute atomic E-state index is 0.259. The molecule has 1 heterocycles. The molecule has 0 atom stereocenters. The van der Waals surface area contributed by atoms with Gasteiger partial charge in [0, 0.05) is 36.4 Å². The Bertz CT molecular complexity index is 998. The van der Waals surface area contributed by atoms with E-state index >= 15 is 0 Å². The lowest BCUT2D eigenvalue weighted by molar-refractivity contribution is -0.134. The quantitative estimate of drug-likeness (QED) is 0.355. The number of nitrogens with zero attached hydrogens (tertiary/aromatic N) is 2. The number of benzene rings is 2. The van der Waals surface area contributed by atoms with Gasteiger partial charge >= 0.3 is 11.9 Å². The first-order valence-corrected chi connectivity index (χ1v) is 10.00. The van der Waals surface area contributed by atoms with Gasteiger partial charge in [0.1, 0.15) is 11.5 Å². The summed E-state index contributed by atoms with van der Waals surface area (Å²) >= 11 is 12.4. The lowest BCUT2D eigenvalue weighted by Crippen LogP contribution is -2.05. The second kappa shape index (κ2) is 9.69. The predicted octanol–water partition coefficient (Wildman–Crippen LogP) is 5.75. The predicted molar refractivity (Wildman–Crippen MR) is 115 cm³/mol. The van der Waals surface area contributed by atoms with Crippen LogP contribution in [0, 0.1) is 0 Å². The van der Waals surface area contributed by atoms with Gasteiger partial charge in [0.05, 0.1) is 10.0 Å². The minimum Gasteiger partial charge on any atom is -0.425 e. The van der Waals surface area contributed by atoms with E-state index in [1.807, 2.05) is 0 Å². The van der Waals surface area contributed by atoms with Crippen molar-refractivity contribution in [2.75, 3.05) is 0 Å². The van der Waals surface area contributed by atoms with Gasteiger partial charge in [-0.3, -0.25) is 9.59 Å². The molecule has 0 saturated heterocycles. The first-order valence-electron chi connectivity index (χ1n) is 9.24. The first kappa shape index (κ1) is 21.7. The second-order valence-electron chi connectivity index (χ2n) is 6.24. The van der Waals surface area contributed by atoms with Gasteiger partial charge < -0.3 is 9.47 Å². The van der Waals surface area contributed by atoms with Crippen molar-refractivity contribution in [3.63, 3.8) is 0 Å². The van der Waals surface area contributed by atoms with Gasteiger partial charge in [-0.05, 0) is 35.9 Å². The van der Waals surface area contributed by atoms with Crippen LogP contribution in [0.4, 0.5) is 0 Å². The van der Waals surface area contributed by atoms with E-state index in [9.17, 15) is 9.59 Å². The number of ether oxygens (including phenoxy) is 2. The molecular formula is C22H18Cl2N2O4. The van der Waals surface area contributed by atoms with Crippen LogP contribution in [-0.2, 0) is 9.59 Å². The van der Waals surface area contributed by atoms with Crippen molar-refractivity contribution in [1.82, 2.24) is 9.97 Å². The Morgan fingerprint density at radius 1 is 0.767 bits per heavy atom. The molecule has 30 heavy (non-hydrogen) atoms. The van der Waals surface area contributed by atoms with E-state index in [-0.39, 0.29) is 24.8 Å². The highest BCUT2D eigenvalue weighted by Crippen LogP contribution is 2.32. The molecule has 0 bridgehead atoms. The fraction of sp³-hybridized carbons (Fsp3) is 0.182. The van der Waals surface area contributed by atoms with Crippen LogP contribution in [-0.4, -0.2) is 21.9 Å². The molecule has 3 rings (SSSR count). The molecular weight excluding hydrogens is 427 g/mol. The Labute approximate surface area is 183 Å². The van der Waals surface area contributed by atoms with Crippen LogP contribution in [0.5, 0.6) is 11.5 Å². The van der Waals surface area contributed by atoms with Gasteiger partial charge in [-0.2, -0.15) is 0 Å². The number of esters is 2. The standard InChI is InChI=1S/C22H18Cl2N2O4/c1-3-20(27)29-18-7-5-13(9-16(18)23)15-11-25-22(26-12-15)14-6-8-19(17(24)10-14)30-21(28)4-2/h5-12H,3-4H2,1-2H3. The molecule has 0 amide bonds. The number of carbonyl (C=O) groups excluding carboxylic acids is 2. The average Bonchev–Trinajstić information content (AvgIpc) is 2.76. The molecule has 6 nitrogen and oxygen atoms in total. The van der Waals surface area contributed by atoms with Crippen LogP contribution < -0.4 is 9.47 Å². The number of carbonyl (C=O) groups is 2. The number of rotatable bonds is 6. The number of halogens is 2. The third-order valence-electron chi connectivity index (χ3n) is 4.13. The Morgan fingerprint density at radius 2 is 1.23 bits per heavy atom. The highest BCUT2D eigenvalue weighted by Gasteiger charge is 2.12. The Balaban J connectivity index is 1.80. The van der Waals surface area contributed by atoms with Gasteiger partial charge in [-0.1, -0.05) is 43.1 Å². The summed E-state index contributed by atoms with van der Waals surface area (Å²) in [6.07, 6.45) is 3.84. The summed E-state index contributed by atoms with van der Waals surface area (Å²) < 4.78 is 10.3. The SMILES string of the molecule is CCC(=O)Oc1ccc(-c2cnc(-c3ccc(OC(=O)CC)c(Cl)c3)nc2)cc1Cl. The smallest absolute Gasteiger partial charge is 0.310 e. The molecule has 0 spiro atoms. The van der Waals surface area contributed by atoms with Crippen molar-refractivity contribution in [2.24, 2.45) is 0 Å². The summed E-state index contributed by atoms with van der Waals surface area (Å²) in [6, 6.07) is 10.1. The van der Waals surface area contributed by atoms with Crippen LogP contribution in [0.25, 0.3) is 22.5 Å². The molecule has 0 aliphatic rings. The minimum atomic E-state index is -0.362. The van der Waals surface area contributed by atoms with Crippen LogP contribution in [0.2, 0.25) is 10.0 Å². The summed E-state index contributed by atoms with van der Waals surface area (Å²) in [5.74, 6) is 0.352. The van der Waals surface area contributed by atoms with Gasteiger partial charge in [-0.25, -0.2) is 9.97 Å². The van der Waals surface area contributed by atoms with E-state index in [0.29, 0.717) is 32.9 Å². The van der Waals surface area contributed by atoms with Crippen molar-refractivity contribution >= 4 is 35.1 Å². The zero-order valence-electron chi connectivity index (χ0n) is 16.3. The average molecular weight is 445 g/mol. The molecule has 8 heteroatoms. The highest BCUT2D eigenvalue weighted by molar-refractivity contribution is 6.32. The van der Waals surface area contributed by atoms with Gasteiger partial charge in [0.25, 0.3) is 0 Å². The van der Waals surface area contributed by atoms with E-state index in [0.717, 1.165) is 11.1 Å². The maximum atomic E-state index is 11.4. The van der Waals surface area contributed by atoms with E-state index in [4.69, 9.17) is 32.7 Å². The monoisotopic (exact) mass is 444 g/mol. The van der Waals surface area contributed by atoms with E-state index in [1.165, 1.54) is 0 Å². The number of aromatic nitrogens is 2. The number of hydrogen-bond donors (Lipinski definition) is 0. The van der Waals surface area contributed by atoms with E-state index < -0.39 is 0 Å². The summed E-state index contributed by atoms with van der Waals surface area (Å²) in [6.45, 7) is 3.42. The highest BCUT2D eigenvalue weighted by atomic mass is 35.5. The maximum absolute atomic E-state index is 11.4. The Hall–Kier alpha value is -2.96. The van der Waals surface area contributed by atoms with Crippen LogP contribution in [0.3, 0.4) is 0 Å². The topological polar surface area (TPSA) is 78.4 Å². The normalized spacial score (nSPS) is 10.5. The van der Waals surface area contributed by atoms with Crippen LogP contribution in [0.15, 0.2) is 48.8 Å². The van der Waals surface area contributed by atoms with E-state index in [1.54, 1.807) is 62.6 Å². The molecule has 2 aromatic carbocycles. The molecule has 0 aliphatic heterocycles. The van der Waals surface area contributed by atoms with Crippen molar-refractivity contribution in [3.8, 4) is 34.0 Å². The van der Waals surface area contributed by atoms with Crippen molar-refractivity contribution < 1.29 is 19.1 Å². The van der Waals surface area contributed by atoms with Crippen molar-refractivity contribution in [3.05, 3.63) is 58.8 Å². The zero-order chi connectivity index (χ0) is 21.7. The zero-order valence-corrected chi connectivity index (χ0v) is 17.8. The van der Waals surface area contributed by atoms with Gasteiger partial charge in [0.2, 0.25) is 0 Å². The molecule has 1 aromatic heterocycles. The van der Waals surface area contributed by atoms with Crippen molar-refractivity contribution in [1.29, 1.82) is 0 Å². The molecule has 3 aromatic rings. The van der Waals surface area contributed by atoms with Gasteiger partial charge in [0.15, 0.2) is 5.82 Å². The first-order chi connectivity index (χ1) is 14.4. The molecule has 0 fully saturated rings. The fourth-order valence-corrected chi connectivity index (χ4v) is 2.94. The summed E-state index contributed by atoms with van der Waals surface area (Å²) in [7, 11) is 0. The molecule has 0 N–H and O–H groups in total. The summed E-state index contributed by atoms with van der Waals surface area (Å²) in [5.41, 5.74) is 2.21. The van der Waals surface area contributed by atoms with Gasteiger partial charge in [-0.15, -0.1) is 0 Å². The van der Waals surface area contributed by atoms with Crippen LogP contribution in [0.1, 0.15) is 26.7 Å². The van der Waals surface area contributed by atoms with E-state index in [2.05, 4.69) is 9.97 Å². The third-order valence-corrected chi connectivity index (χ3v) is 4.72. The third kappa shape index (κ3) is 5.14. The van der Waals surface area contributed by atoms with Crippen LogP contribution >= 0.6 is 23.2 Å².